The summed E-state index contributed by atoms with van der Waals surface area (Å²) in [4.78, 5) is 13.3. The van der Waals surface area contributed by atoms with E-state index in [2.05, 4.69) is 20.1 Å². The van der Waals surface area contributed by atoms with Gasteiger partial charge in [0.15, 0.2) is 0 Å². The van der Waals surface area contributed by atoms with E-state index in [0.29, 0.717) is 23.0 Å². The van der Waals surface area contributed by atoms with Crippen molar-refractivity contribution in [3.63, 3.8) is 0 Å². The summed E-state index contributed by atoms with van der Waals surface area (Å²) >= 11 is 1.52. The number of aromatic nitrogens is 4. The van der Waals surface area contributed by atoms with Crippen LogP contribution in [0.1, 0.15) is 11.7 Å². The van der Waals surface area contributed by atoms with Gasteiger partial charge in [-0.1, -0.05) is 35.1 Å². The second-order valence-electron chi connectivity index (χ2n) is 5.40. The third-order valence-electron chi connectivity index (χ3n) is 3.58. The summed E-state index contributed by atoms with van der Waals surface area (Å²) in [5, 5.41) is 5.83. The highest BCUT2D eigenvalue weighted by Gasteiger charge is 2.12. The van der Waals surface area contributed by atoms with E-state index >= 15 is 0 Å². The Bertz CT molecular complexity index is 1030. The maximum absolute atomic E-state index is 13.0. The molecule has 0 fully saturated rings. The number of fused-ring (bicyclic) bond motifs is 1. The van der Waals surface area contributed by atoms with Crippen LogP contribution >= 0.6 is 11.8 Å². The molecular weight excluding hydrogens is 339 g/mol. The number of hydrogen-bond donors (Lipinski definition) is 0. The molecular formula is C18H13FN4OS. The van der Waals surface area contributed by atoms with Gasteiger partial charge in [-0.3, -0.25) is 0 Å². The molecule has 5 nitrogen and oxygen atoms in total. The largest absolute Gasteiger partial charge is 0.338 e. The third kappa shape index (κ3) is 3.36. The molecule has 0 unspecified atom stereocenters. The molecule has 7 heteroatoms. The SMILES string of the molecule is Cc1nc(SCc2nc(-c3ccc(F)cc3)no2)c2ccccc2n1. The standard InChI is InChI=1S/C18H13FN4OS/c1-11-20-15-5-3-2-4-14(15)18(21-11)25-10-16-22-17(23-24-16)12-6-8-13(19)9-7-12/h2-9H,10H2,1H3. The minimum atomic E-state index is -0.297. The van der Waals surface area contributed by atoms with E-state index < -0.39 is 0 Å². The summed E-state index contributed by atoms with van der Waals surface area (Å²) in [5.41, 5.74) is 1.62. The summed E-state index contributed by atoms with van der Waals surface area (Å²) in [6, 6.07) is 13.9. The second kappa shape index (κ2) is 6.60. The van der Waals surface area contributed by atoms with Crippen LogP contribution in [0, 0.1) is 12.7 Å². The highest BCUT2D eigenvalue weighted by Crippen LogP contribution is 2.28. The monoisotopic (exact) mass is 352 g/mol. The quantitative estimate of drug-likeness (QED) is 0.400. The highest BCUT2D eigenvalue weighted by molar-refractivity contribution is 7.98. The summed E-state index contributed by atoms with van der Waals surface area (Å²) < 4.78 is 18.3. The number of benzene rings is 2. The van der Waals surface area contributed by atoms with Crippen LogP contribution in [0.2, 0.25) is 0 Å². The van der Waals surface area contributed by atoms with E-state index in [4.69, 9.17) is 4.52 Å². The third-order valence-corrected chi connectivity index (χ3v) is 4.56. The topological polar surface area (TPSA) is 64.7 Å². The van der Waals surface area contributed by atoms with Crippen LogP contribution in [0.25, 0.3) is 22.3 Å². The molecule has 25 heavy (non-hydrogen) atoms. The summed E-state index contributed by atoms with van der Waals surface area (Å²) in [6.45, 7) is 1.87. The fourth-order valence-corrected chi connectivity index (χ4v) is 3.33. The van der Waals surface area contributed by atoms with E-state index in [1.165, 1.54) is 23.9 Å². The lowest BCUT2D eigenvalue weighted by molar-refractivity contribution is 0.391. The van der Waals surface area contributed by atoms with Gasteiger partial charge >= 0.3 is 0 Å². The minimum absolute atomic E-state index is 0.297. The van der Waals surface area contributed by atoms with Crippen LogP contribution in [0.4, 0.5) is 4.39 Å². The number of hydrogen-bond acceptors (Lipinski definition) is 6. The first-order valence-electron chi connectivity index (χ1n) is 7.64. The number of nitrogens with zero attached hydrogens (tertiary/aromatic N) is 4. The van der Waals surface area contributed by atoms with E-state index in [-0.39, 0.29) is 5.82 Å². The van der Waals surface area contributed by atoms with Crippen molar-refractivity contribution in [2.24, 2.45) is 0 Å². The van der Waals surface area contributed by atoms with Crippen LogP contribution in [0.15, 0.2) is 58.1 Å². The van der Waals surface area contributed by atoms with E-state index in [1.807, 2.05) is 31.2 Å². The molecule has 2 aromatic carbocycles. The number of aryl methyl sites for hydroxylation is 1. The van der Waals surface area contributed by atoms with Crippen LogP contribution in [0.3, 0.4) is 0 Å². The lowest BCUT2D eigenvalue weighted by Gasteiger charge is -2.04. The van der Waals surface area contributed by atoms with Crippen molar-refractivity contribution < 1.29 is 8.91 Å². The fraction of sp³-hybridized carbons (Fsp3) is 0.111. The van der Waals surface area contributed by atoms with Crippen molar-refractivity contribution in [3.05, 3.63) is 66.1 Å². The normalized spacial score (nSPS) is 11.1. The molecule has 0 radical (unpaired) electrons. The summed E-state index contributed by atoms with van der Waals surface area (Å²) in [6.07, 6.45) is 0. The first-order valence-corrected chi connectivity index (χ1v) is 8.62. The fourth-order valence-electron chi connectivity index (χ4n) is 2.43. The molecule has 0 amide bonds. The van der Waals surface area contributed by atoms with Crippen LogP contribution < -0.4 is 0 Å². The van der Waals surface area contributed by atoms with Crippen molar-refractivity contribution in [1.29, 1.82) is 0 Å². The number of halogens is 1. The van der Waals surface area contributed by atoms with Gasteiger partial charge in [0.1, 0.15) is 16.7 Å². The van der Waals surface area contributed by atoms with E-state index in [1.54, 1.807) is 12.1 Å². The number of para-hydroxylation sites is 1. The lowest BCUT2D eigenvalue weighted by atomic mass is 10.2. The Balaban J connectivity index is 1.55. The van der Waals surface area contributed by atoms with Crippen LogP contribution in [0.5, 0.6) is 0 Å². The van der Waals surface area contributed by atoms with Crippen LogP contribution in [-0.4, -0.2) is 20.1 Å². The van der Waals surface area contributed by atoms with Gasteiger partial charge < -0.3 is 4.52 Å². The number of thioether (sulfide) groups is 1. The van der Waals surface area contributed by atoms with Gasteiger partial charge in [0.05, 0.1) is 11.3 Å². The molecule has 2 aromatic heterocycles. The van der Waals surface area contributed by atoms with Gasteiger partial charge in [-0.15, -0.1) is 0 Å². The average molecular weight is 352 g/mol. The summed E-state index contributed by atoms with van der Waals surface area (Å²) in [7, 11) is 0. The predicted octanol–water partition coefficient (Wildman–Crippen LogP) is 4.42. The molecule has 0 bridgehead atoms. The van der Waals surface area contributed by atoms with E-state index in [9.17, 15) is 4.39 Å². The zero-order valence-corrected chi connectivity index (χ0v) is 14.1. The maximum Gasteiger partial charge on any atom is 0.237 e. The molecule has 0 saturated heterocycles. The Hall–Kier alpha value is -2.80. The zero-order chi connectivity index (χ0) is 17.2. The molecule has 0 spiro atoms. The van der Waals surface area contributed by atoms with E-state index in [0.717, 1.165) is 21.8 Å². The van der Waals surface area contributed by atoms with Gasteiger partial charge in [0.2, 0.25) is 11.7 Å². The number of rotatable bonds is 4. The smallest absolute Gasteiger partial charge is 0.237 e. The molecule has 4 rings (SSSR count). The van der Waals surface area contributed by atoms with Crippen LogP contribution in [-0.2, 0) is 5.75 Å². The molecule has 0 aliphatic carbocycles. The minimum Gasteiger partial charge on any atom is -0.338 e. The maximum atomic E-state index is 13.0. The Morgan fingerprint density at radius 3 is 2.64 bits per heavy atom. The molecule has 2 heterocycles. The van der Waals surface area contributed by atoms with Crippen molar-refractivity contribution in [1.82, 2.24) is 20.1 Å². The molecule has 4 aromatic rings. The van der Waals surface area contributed by atoms with Gasteiger partial charge in [0.25, 0.3) is 0 Å². The Labute approximate surface area is 147 Å². The van der Waals surface area contributed by atoms with Crippen molar-refractivity contribution in [2.75, 3.05) is 0 Å². The Morgan fingerprint density at radius 1 is 1.00 bits per heavy atom. The van der Waals surface area contributed by atoms with Gasteiger partial charge in [-0.2, -0.15) is 4.98 Å². The molecule has 0 saturated carbocycles. The first kappa shape index (κ1) is 15.7. The van der Waals surface area contributed by atoms with Crippen molar-refractivity contribution in [3.8, 4) is 11.4 Å². The van der Waals surface area contributed by atoms with Gasteiger partial charge in [0, 0.05) is 10.9 Å². The molecule has 0 aliphatic heterocycles. The highest BCUT2D eigenvalue weighted by atomic mass is 32.2. The lowest BCUT2D eigenvalue weighted by Crippen LogP contribution is -1.93. The van der Waals surface area contributed by atoms with Gasteiger partial charge in [-0.25, -0.2) is 14.4 Å². The predicted molar refractivity (Wildman–Crippen MR) is 93.5 cm³/mol. The van der Waals surface area contributed by atoms with Gasteiger partial charge in [-0.05, 0) is 37.3 Å². The molecule has 0 N–H and O–H groups in total. The Kier molecular flexibility index (Phi) is 4.15. The Morgan fingerprint density at radius 2 is 1.80 bits per heavy atom. The summed E-state index contributed by atoms with van der Waals surface area (Å²) in [5.74, 6) is 1.85. The molecule has 124 valence electrons. The first-order chi connectivity index (χ1) is 12.2. The molecule has 0 aliphatic rings. The van der Waals surface area contributed by atoms with Crippen molar-refractivity contribution >= 4 is 22.7 Å². The van der Waals surface area contributed by atoms with Crippen molar-refractivity contribution in [2.45, 2.75) is 17.7 Å². The zero-order valence-electron chi connectivity index (χ0n) is 13.3. The molecule has 0 atom stereocenters. The second-order valence-corrected chi connectivity index (χ2v) is 6.36. The average Bonchev–Trinajstić information content (AvgIpc) is 3.09.